The van der Waals surface area contributed by atoms with Gasteiger partial charge in [-0.3, -0.25) is 0 Å². The van der Waals surface area contributed by atoms with Gasteiger partial charge in [-0.25, -0.2) is 0 Å². The molecule has 0 aliphatic rings. The first-order valence-corrected chi connectivity index (χ1v) is 23.2. The number of hydrogen-bond acceptors (Lipinski definition) is 2. The van der Waals surface area contributed by atoms with Crippen LogP contribution in [-0.2, 0) is 0 Å². The maximum Gasteiger partial charge on any atom is 0.104 e. The van der Waals surface area contributed by atoms with Gasteiger partial charge >= 0.3 is 0 Å². The Morgan fingerprint density at radius 1 is 0.319 bits per heavy atom. The molecule has 6 heteroatoms. The van der Waals surface area contributed by atoms with Crippen LogP contribution >= 0.6 is 0 Å². The van der Waals surface area contributed by atoms with E-state index in [1.54, 1.807) is 0 Å². The van der Waals surface area contributed by atoms with Crippen molar-refractivity contribution >= 4 is 87.2 Å². The van der Waals surface area contributed by atoms with Crippen LogP contribution in [-0.4, -0.2) is 18.3 Å². The summed E-state index contributed by atoms with van der Waals surface area (Å²) in [5, 5.41) is 31.3. The number of aromatic nitrogens is 4. The molecule has 0 saturated carbocycles. The first kappa shape index (κ1) is 38.6. The number of nitriles is 2. The molecule has 0 radical (unpaired) electrons. The smallest absolute Gasteiger partial charge is 0.104 e. The van der Waals surface area contributed by atoms with Gasteiger partial charge in [0.25, 0.3) is 0 Å². The van der Waals surface area contributed by atoms with E-state index in [2.05, 4.69) is 231 Å². The number of rotatable bonds is 5. The fourth-order valence-corrected chi connectivity index (χ4v) is 11.5. The van der Waals surface area contributed by atoms with Gasteiger partial charge < -0.3 is 18.3 Å². The monoisotopic (exact) mass is 878 g/mol. The topological polar surface area (TPSA) is 67.3 Å². The van der Waals surface area contributed by atoms with Crippen molar-refractivity contribution in [2.45, 2.75) is 6.92 Å². The molecule has 4 heterocycles. The van der Waals surface area contributed by atoms with E-state index in [9.17, 15) is 10.5 Å². The molecule has 0 amide bonds. The molecule has 0 saturated heterocycles. The second kappa shape index (κ2) is 14.7. The van der Waals surface area contributed by atoms with Gasteiger partial charge in [0.15, 0.2) is 0 Å². The fraction of sp³-hybridized carbons (Fsp3) is 0.0159. The maximum absolute atomic E-state index is 12.1. The number of benzene rings is 10. The highest BCUT2D eigenvalue weighted by atomic mass is 15.1. The van der Waals surface area contributed by atoms with E-state index in [1.807, 2.05) is 19.1 Å². The first-order chi connectivity index (χ1) is 34.1. The quantitative estimate of drug-likeness (QED) is 0.173. The Labute approximate surface area is 396 Å². The lowest BCUT2D eigenvalue weighted by atomic mass is 9.97. The Bertz CT molecular complexity index is 4310. The molecule has 0 N–H and O–H groups in total. The van der Waals surface area contributed by atoms with E-state index in [0.29, 0.717) is 11.1 Å². The van der Waals surface area contributed by atoms with Crippen LogP contribution in [0.4, 0.5) is 0 Å². The molecule has 14 aromatic rings. The number of nitrogens with zero attached hydrogens (tertiary/aromatic N) is 6. The summed E-state index contributed by atoms with van der Waals surface area (Å²) in [4.78, 5) is 0. The zero-order chi connectivity index (χ0) is 45.9. The lowest BCUT2D eigenvalue weighted by molar-refractivity contribution is 1.11. The fourth-order valence-electron chi connectivity index (χ4n) is 11.5. The van der Waals surface area contributed by atoms with Crippen molar-refractivity contribution in [2.75, 3.05) is 0 Å². The van der Waals surface area contributed by atoms with Crippen molar-refractivity contribution < 1.29 is 0 Å². The van der Waals surface area contributed by atoms with E-state index >= 15 is 0 Å². The first-order valence-electron chi connectivity index (χ1n) is 23.2. The molecule has 0 aliphatic carbocycles. The van der Waals surface area contributed by atoms with Gasteiger partial charge in [0.05, 0.1) is 67.1 Å². The van der Waals surface area contributed by atoms with Gasteiger partial charge in [-0.05, 0) is 96.4 Å². The minimum absolute atomic E-state index is 0.524. The Balaban J connectivity index is 1.22. The summed E-state index contributed by atoms with van der Waals surface area (Å²) in [6, 6.07) is 80.1. The predicted octanol–water partition coefficient (Wildman–Crippen LogP) is 15.8. The SMILES string of the molecule is Cc1cc(C#N)cc(-c2cc(-n3c4ccccc4c4ccc5c6ccccc6n(-c6ccccc6)c5c43)c(C#N)c(-n3c4ccccc4c4ccc5c6ccccc6n(-c6ccccc6)c5c43)c2)c1. The summed E-state index contributed by atoms with van der Waals surface area (Å²) < 4.78 is 9.43. The number of fused-ring (bicyclic) bond motifs is 14. The minimum atomic E-state index is 0.524. The highest BCUT2D eigenvalue weighted by Gasteiger charge is 2.27. The summed E-state index contributed by atoms with van der Waals surface area (Å²) in [7, 11) is 0. The average molecular weight is 879 g/mol. The lowest BCUT2D eigenvalue weighted by Crippen LogP contribution is -2.06. The van der Waals surface area contributed by atoms with Gasteiger partial charge in [0.2, 0.25) is 0 Å². The van der Waals surface area contributed by atoms with Crippen molar-refractivity contribution in [1.82, 2.24) is 18.3 Å². The Kier molecular flexibility index (Phi) is 8.23. The molecule has 0 bridgehead atoms. The molecule has 0 atom stereocenters. The zero-order valence-electron chi connectivity index (χ0n) is 37.4. The van der Waals surface area contributed by atoms with Crippen LogP contribution in [0.1, 0.15) is 16.7 Å². The molecule has 320 valence electrons. The molecule has 0 fully saturated rings. The molecule has 0 aliphatic heterocycles. The van der Waals surface area contributed by atoms with Gasteiger partial charge in [-0.2, -0.15) is 10.5 Å². The van der Waals surface area contributed by atoms with Crippen molar-refractivity contribution in [1.29, 1.82) is 10.5 Å². The second-order valence-electron chi connectivity index (χ2n) is 18.0. The van der Waals surface area contributed by atoms with E-state index < -0.39 is 0 Å². The van der Waals surface area contributed by atoms with Crippen LogP contribution in [0.2, 0.25) is 0 Å². The maximum atomic E-state index is 12.1. The van der Waals surface area contributed by atoms with Crippen LogP contribution in [0.25, 0.3) is 121 Å². The molecule has 0 spiro atoms. The third-order valence-corrected chi connectivity index (χ3v) is 14.2. The zero-order valence-corrected chi connectivity index (χ0v) is 37.4. The summed E-state index contributed by atoms with van der Waals surface area (Å²) in [5.74, 6) is 0. The van der Waals surface area contributed by atoms with Crippen LogP contribution in [0, 0.1) is 29.6 Å². The van der Waals surface area contributed by atoms with Gasteiger partial charge in [0.1, 0.15) is 11.6 Å². The summed E-state index contributed by atoms with van der Waals surface area (Å²) in [6.45, 7) is 2.04. The highest BCUT2D eigenvalue weighted by Crippen LogP contribution is 2.46. The van der Waals surface area contributed by atoms with Crippen LogP contribution in [0.3, 0.4) is 0 Å². The molecular formula is C63H38N6. The predicted molar refractivity (Wildman–Crippen MR) is 283 cm³/mol. The normalized spacial score (nSPS) is 11.8. The van der Waals surface area contributed by atoms with Crippen molar-refractivity contribution in [2.24, 2.45) is 0 Å². The van der Waals surface area contributed by atoms with Crippen LogP contribution < -0.4 is 0 Å². The molecule has 14 rings (SSSR count). The molecule has 10 aromatic carbocycles. The highest BCUT2D eigenvalue weighted by molar-refractivity contribution is 6.25. The lowest BCUT2D eigenvalue weighted by Gasteiger charge is -2.20. The standard InChI is InChI=1S/C63H38N6/c1-39-32-40(37-64)34-41(33-39)42-35-58(68-56-26-14-10-22-47(56)51-30-28-49-45-20-8-12-24-54(45)66(60(49)62(51)68)43-16-4-2-5-17-43)53(38-65)59(36-42)69-57-27-15-11-23-48(57)52-31-29-50-46-21-9-13-25-55(46)67(61(50)63(52)69)44-18-6-3-7-19-44/h2-36H,1H3. The van der Waals surface area contributed by atoms with Crippen LogP contribution in [0.15, 0.2) is 212 Å². The third-order valence-electron chi connectivity index (χ3n) is 14.2. The number of aryl methyl sites for hydroxylation is 1. The van der Waals surface area contributed by atoms with Crippen molar-refractivity contribution in [3.63, 3.8) is 0 Å². The summed E-state index contributed by atoms with van der Waals surface area (Å²) in [6.07, 6.45) is 0. The van der Waals surface area contributed by atoms with E-state index in [1.165, 1.54) is 0 Å². The van der Waals surface area contributed by atoms with E-state index in [4.69, 9.17) is 0 Å². The minimum Gasteiger partial charge on any atom is -0.307 e. The molecule has 4 aromatic heterocycles. The summed E-state index contributed by atoms with van der Waals surface area (Å²) >= 11 is 0. The van der Waals surface area contributed by atoms with Crippen molar-refractivity contribution in [3.05, 3.63) is 229 Å². The molecule has 6 nitrogen and oxygen atoms in total. The van der Waals surface area contributed by atoms with Crippen molar-refractivity contribution in [3.8, 4) is 46.0 Å². The second-order valence-corrected chi connectivity index (χ2v) is 18.0. The van der Waals surface area contributed by atoms with Crippen LogP contribution in [0.5, 0.6) is 0 Å². The van der Waals surface area contributed by atoms with Gasteiger partial charge in [-0.15, -0.1) is 0 Å². The average Bonchev–Trinajstić information content (AvgIpc) is 4.14. The number of para-hydroxylation sites is 6. The largest absolute Gasteiger partial charge is 0.307 e. The Hall–Kier alpha value is -9.62. The van der Waals surface area contributed by atoms with E-state index in [0.717, 1.165) is 127 Å². The molecular weight excluding hydrogens is 841 g/mol. The Morgan fingerprint density at radius 3 is 1.06 bits per heavy atom. The third kappa shape index (κ3) is 5.46. The molecule has 69 heavy (non-hydrogen) atoms. The summed E-state index contributed by atoms with van der Waals surface area (Å²) in [5.41, 5.74) is 15.8. The van der Waals surface area contributed by atoms with Gasteiger partial charge in [0, 0.05) is 54.5 Å². The van der Waals surface area contributed by atoms with E-state index in [-0.39, 0.29) is 0 Å². The number of hydrogen-bond donors (Lipinski definition) is 0. The van der Waals surface area contributed by atoms with Gasteiger partial charge in [-0.1, -0.05) is 140 Å². The molecule has 0 unspecified atom stereocenters. The Morgan fingerprint density at radius 2 is 0.667 bits per heavy atom.